The van der Waals surface area contributed by atoms with E-state index in [1.165, 1.54) is 21.8 Å². The molecule has 172 valence electrons. The molecule has 2 amide bonds. The molecule has 0 radical (unpaired) electrons. The number of hydrogen-bond acceptors (Lipinski definition) is 4. The molecular weight excluding hydrogens is 459 g/mol. The third-order valence-corrected chi connectivity index (χ3v) is 5.71. The van der Waals surface area contributed by atoms with Crippen LogP contribution >= 0.6 is 11.6 Å². The normalized spacial score (nSPS) is 16.0. The number of carbonyl (C=O) groups is 2. The Balaban J connectivity index is 1.67. The van der Waals surface area contributed by atoms with Crippen LogP contribution in [0.4, 0.5) is 24.5 Å². The van der Waals surface area contributed by atoms with Crippen LogP contribution in [-0.4, -0.2) is 33.1 Å². The first kappa shape index (κ1) is 22.8. The summed E-state index contributed by atoms with van der Waals surface area (Å²) in [5.74, 6) is -0.967. The number of alkyl halides is 3. The number of nitrogens with zero attached hydrogens (tertiary/aromatic N) is 4. The number of benzene rings is 1. The van der Waals surface area contributed by atoms with E-state index in [-0.39, 0.29) is 29.7 Å². The minimum absolute atomic E-state index is 0.122. The van der Waals surface area contributed by atoms with Crippen LogP contribution in [0.25, 0.3) is 0 Å². The molecule has 0 unspecified atom stereocenters. The predicted molar refractivity (Wildman–Crippen MR) is 117 cm³/mol. The molecule has 4 rings (SSSR count). The van der Waals surface area contributed by atoms with E-state index in [1.54, 1.807) is 19.2 Å². The number of hydrogen-bond donors (Lipinski definition) is 1. The highest BCUT2D eigenvalue weighted by molar-refractivity contribution is 6.31. The van der Waals surface area contributed by atoms with E-state index < -0.39 is 28.6 Å². The molecule has 0 fully saturated rings. The number of fused-ring (bicyclic) bond motifs is 1. The van der Waals surface area contributed by atoms with Crippen LogP contribution in [0.2, 0.25) is 5.02 Å². The highest BCUT2D eigenvalue weighted by Crippen LogP contribution is 2.38. The van der Waals surface area contributed by atoms with Crippen molar-refractivity contribution in [3.63, 3.8) is 0 Å². The van der Waals surface area contributed by atoms with Crippen molar-refractivity contribution in [2.45, 2.75) is 33.0 Å². The molecule has 33 heavy (non-hydrogen) atoms. The minimum atomic E-state index is -4.60. The molecule has 1 aliphatic heterocycles. The van der Waals surface area contributed by atoms with Crippen molar-refractivity contribution in [3.05, 3.63) is 69.8 Å². The number of pyridine rings is 1. The number of halogens is 4. The van der Waals surface area contributed by atoms with Crippen LogP contribution < -0.4 is 10.2 Å². The van der Waals surface area contributed by atoms with Gasteiger partial charge in [-0.15, -0.1) is 0 Å². The summed E-state index contributed by atoms with van der Waals surface area (Å²) in [5.41, 5.74) is 1.24. The van der Waals surface area contributed by atoms with Crippen LogP contribution in [0.1, 0.15) is 50.6 Å². The maximum atomic E-state index is 13.3. The summed E-state index contributed by atoms with van der Waals surface area (Å²) in [6, 6.07) is 4.55. The Hall–Kier alpha value is -3.40. The number of rotatable bonds is 3. The number of amides is 2. The zero-order valence-corrected chi connectivity index (χ0v) is 18.6. The van der Waals surface area contributed by atoms with Gasteiger partial charge < -0.3 is 10.2 Å². The number of aryl methyl sites for hydroxylation is 2. The van der Waals surface area contributed by atoms with E-state index in [0.29, 0.717) is 11.3 Å². The van der Waals surface area contributed by atoms with Crippen LogP contribution in [-0.2, 0) is 6.18 Å². The molecule has 0 saturated heterocycles. The average Bonchev–Trinajstić information content (AvgIpc) is 3.15. The average molecular weight is 478 g/mol. The lowest BCUT2D eigenvalue weighted by Gasteiger charge is -2.32. The molecule has 7 nitrogen and oxygen atoms in total. The Morgan fingerprint density at radius 2 is 1.94 bits per heavy atom. The Kier molecular flexibility index (Phi) is 5.65. The summed E-state index contributed by atoms with van der Waals surface area (Å²) < 4.78 is 40.7. The highest BCUT2D eigenvalue weighted by atomic mass is 35.5. The van der Waals surface area contributed by atoms with E-state index in [4.69, 9.17) is 11.6 Å². The van der Waals surface area contributed by atoms with Crippen LogP contribution in [0, 0.1) is 13.8 Å². The van der Waals surface area contributed by atoms with Crippen molar-refractivity contribution in [1.82, 2.24) is 14.8 Å². The largest absolute Gasteiger partial charge is 0.417 e. The summed E-state index contributed by atoms with van der Waals surface area (Å²) in [5, 5.41) is 6.44. The first-order valence-corrected chi connectivity index (χ1v) is 10.4. The van der Waals surface area contributed by atoms with E-state index in [9.17, 15) is 22.8 Å². The van der Waals surface area contributed by atoms with Gasteiger partial charge in [0.2, 0.25) is 0 Å². The second-order valence-electron chi connectivity index (χ2n) is 7.88. The van der Waals surface area contributed by atoms with Crippen LogP contribution in [0.15, 0.2) is 36.7 Å². The predicted octanol–water partition coefficient (Wildman–Crippen LogP) is 5.04. The quantitative estimate of drug-likeness (QED) is 0.573. The van der Waals surface area contributed by atoms with Crippen molar-refractivity contribution in [3.8, 4) is 0 Å². The van der Waals surface area contributed by atoms with E-state index in [1.807, 2.05) is 13.8 Å². The van der Waals surface area contributed by atoms with Crippen molar-refractivity contribution in [2.75, 3.05) is 16.8 Å². The Bertz CT molecular complexity index is 1270. The SMILES string of the molecule is Cc1cnc(C)c(C(=O)Nc2cnn3c2C(=O)N(c2ccc(C(F)(F)F)c(Cl)c2)C[C@@H]3C)c1. The molecule has 0 spiro atoms. The molecule has 1 atom stereocenters. The number of anilines is 2. The van der Waals surface area contributed by atoms with Gasteiger partial charge in [-0.2, -0.15) is 18.3 Å². The Labute approximate surface area is 192 Å². The molecule has 1 aliphatic rings. The van der Waals surface area contributed by atoms with Crippen LogP contribution in [0.5, 0.6) is 0 Å². The molecule has 0 aliphatic carbocycles. The van der Waals surface area contributed by atoms with Gasteiger partial charge in [-0.05, 0) is 50.6 Å². The monoisotopic (exact) mass is 477 g/mol. The third kappa shape index (κ3) is 4.18. The zero-order valence-electron chi connectivity index (χ0n) is 17.9. The molecular formula is C22H19ClF3N5O2. The Morgan fingerprint density at radius 1 is 1.21 bits per heavy atom. The van der Waals surface area contributed by atoms with Gasteiger partial charge >= 0.3 is 6.18 Å². The smallest absolute Gasteiger partial charge is 0.319 e. The van der Waals surface area contributed by atoms with Gasteiger partial charge in [0.25, 0.3) is 11.8 Å². The molecule has 1 N–H and O–H groups in total. The first-order chi connectivity index (χ1) is 15.5. The number of aromatic nitrogens is 3. The fourth-order valence-electron chi connectivity index (χ4n) is 3.73. The lowest BCUT2D eigenvalue weighted by Crippen LogP contribution is -2.43. The first-order valence-electron chi connectivity index (χ1n) is 9.98. The summed E-state index contributed by atoms with van der Waals surface area (Å²) >= 11 is 5.85. The van der Waals surface area contributed by atoms with Crippen LogP contribution in [0.3, 0.4) is 0 Å². The van der Waals surface area contributed by atoms with Gasteiger partial charge in [0, 0.05) is 24.1 Å². The summed E-state index contributed by atoms with van der Waals surface area (Å²) in [4.78, 5) is 31.7. The van der Waals surface area contributed by atoms with Crippen molar-refractivity contribution in [2.24, 2.45) is 0 Å². The molecule has 0 saturated carbocycles. The summed E-state index contributed by atoms with van der Waals surface area (Å²) in [7, 11) is 0. The highest BCUT2D eigenvalue weighted by Gasteiger charge is 2.36. The van der Waals surface area contributed by atoms with Crippen molar-refractivity contribution >= 4 is 34.8 Å². The second-order valence-corrected chi connectivity index (χ2v) is 8.29. The van der Waals surface area contributed by atoms with Gasteiger partial charge in [-0.3, -0.25) is 19.3 Å². The maximum absolute atomic E-state index is 13.3. The minimum Gasteiger partial charge on any atom is -0.319 e. The topological polar surface area (TPSA) is 80.1 Å². The van der Waals surface area contributed by atoms with Crippen molar-refractivity contribution in [1.29, 1.82) is 0 Å². The molecule has 3 aromatic rings. The van der Waals surface area contributed by atoms with Crippen molar-refractivity contribution < 1.29 is 22.8 Å². The van der Waals surface area contributed by atoms with Gasteiger partial charge in [-0.1, -0.05) is 11.6 Å². The standard InChI is InChI=1S/C22H19ClF3N5O2/c1-11-6-15(13(3)27-8-11)20(32)29-18-9-28-31-12(2)10-30(21(33)19(18)31)14-4-5-16(17(23)7-14)22(24,25)26/h4-9,12H,10H2,1-3H3,(H,29,32)/t12-/m0/s1. The lowest BCUT2D eigenvalue weighted by atomic mass is 10.1. The summed E-state index contributed by atoms with van der Waals surface area (Å²) in [6.45, 7) is 5.49. The van der Waals surface area contributed by atoms with E-state index in [2.05, 4.69) is 15.4 Å². The van der Waals surface area contributed by atoms with Gasteiger partial charge in [0.05, 0.1) is 34.1 Å². The second kappa shape index (κ2) is 8.18. The van der Waals surface area contributed by atoms with Gasteiger partial charge in [-0.25, -0.2) is 0 Å². The number of carbonyl (C=O) groups excluding carboxylic acids is 2. The molecule has 0 bridgehead atoms. The van der Waals surface area contributed by atoms with E-state index in [0.717, 1.165) is 17.7 Å². The van der Waals surface area contributed by atoms with E-state index >= 15 is 0 Å². The molecule has 11 heteroatoms. The fraction of sp³-hybridized carbons (Fsp3) is 0.273. The van der Waals surface area contributed by atoms with Gasteiger partial charge in [0.1, 0.15) is 0 Å². The summed E-state index contributed by atoms with van der Waals surface area (Å²) in [6.07, 6.45) is -1.58. The zero-order chi connectivity index (χ0) is 24.1. The maximum Gasteiger partial charge on any atom is 0.417 e. The number of nitrogens with one attached hydrogen (secondary N) is 1. The van der Waals surface area contributed by atoms with Gasteiger partial charge in [0.15, 0.2) is 5.69 Å². The molecule has 1 aromatic carbocycles. The lowest BCUT2D eigenvalue weighted by molar-refractivity contribution is -0.137. The fourth-order valence-corrected chi connectivity index (χ4v) is 4.02. The molecule has 3 heterocycles. The third-order valence-electron chi connectivity index (χ3n) is 5.39. The Morgan fingerprint density at radius 3 is 2.61 bits per heavy atom. The molecule has 2 aromatic heterocycles.